The molecular formula is C13H18N4O. The maximum Gasteiger partial charge on any atom is 0.332 e. The number of carbonyl (C=O) groups excluding carboxylic acids is 1. The highest BCUT2D eigenvalue weighted by Crippen LogP contribution is 2.12. The fraction of sp³-hybridized carbons (Fsp3) is 0.385. The van der Waals surface area contributed by atoms with Gasteiger partial charge in [-0.25, -0.2) is 10.2 Å². The normalized spacial score (nSPS) is 16.2. The number of nitrogens with zero attached hydrogens (tertiary/aromatic N) is 2. The van der Waals surface area contributed by atoms with E-state index in [1.807, 2.05) is 12.1 Å². The molecule has 2 amide bonds. The van der Waals surface area contributed by atoms with Gasteiger partial charge in [0.1, 0.15) is 0 Å². The quantitative estimate of drug-likeness (QED) is 0.620. The molecule has 3 N–H and O–H groups in total. The van der Waals surface area contributed by atoms with Crippen molar-refractivity contribution >= 4 is 12.2 Å². The Morgan fingerprint density at radius 3 is 2.61 bits per heavy atom. The van der Waals surface area contributed by atoms with Gasteiger partial charge in [-0.2, -0.15) is 5.10 Å². The van der Waals surface area contributed by atoms with Crippen LogP contribution in [-0.4, -0.2) is 30.2 Å². The minimum atomic E-state index is -0.656. The summed E-state index contributed by atoms with van der Waals surface area (Å²) in [6.07, 6.45) is 4.19. The van der Waals surface area contributed by atoms with Crippen LogP contribution in [0.3, 0.4) is 0 Å². The average molecular weight is 246 g/mol. The van der Waals surface area contributed by atoms with Gasteiger partial charge in [0.25, 0.3) is 0 Å². The zero-order valence-corrected chi connectivity index (χ0v) is 10.3. The number of likely N-dealkylation sites (tertiary alicyclic amines) is 1. The van der Waals surface area contributed by atoms with Gasteiger partial charge in [0.2, 0.25) is 0 Å². The molecule has 18 heavy (non-hydrogen) atoms. The first kappa shape index (κ1) is 12.6. The second kappa shape index (κ2) is 6.16. The molecule has 2 rings (SSSR count). The van der Waals surface area contributed by atoms with Gasteiger partial charge in [0.05, 0.1) is 6.21 Å². The minimum Gasteiger partial charge on any atom is -0.350 e. The molecule has 1 aliphatic rings. The van der Waals surface area contributed by atoms with Crippen LogP contribution in [0.25, 0.3) is 0 Å². The Hall–Kier alpha value is -1.88. The highest BCUT2D eigenvalue weighted by molar-refractivity contribution is 5.81. The van der Waals surface area contributed by atoms with Crippen molar-refractivity contribution < 1.29 is 4.79 Å². The molecule has 96 valence electrons. The van der Waals surface area contributed by atoms with Gasteiger partial charge in [-0.3, -0.25) is 4.90 Å². The Kier molecular flexibility index (Phi) is 4.30. The van der Waals surface area contributed by atoms with Crippen molar-refractivity contribution in [3.05, 3.63) is 35.4 Å². The van der Waals surface area contributed by atoms with Crippen molar-refractivity contribution in [3.8, 4) is 0 Å². The summed E-state index contributed by atoms with van der Waals surface area (Å²) in [7, 11) is 0. The van der Waals surface area contributed by atoms with Crippen LogP contribution in [0.4, 0.5) is 4.79 Å². The molecule has 5 nitrogen and oxygen atoms in total. The van der Waals surface area contributed by atoms with Crippen LogP contribution >= 0.6 is 0 Å². The maximum absolute atomic E-state index is 10.4. The zero-order valence-electron chi connectivity index (χ0n) is 10.3. The van der Waals surface area contributed by atoms with E-state index in [2.05, 4.69) is 27.6 Å². The van der Waals surface area contributed by atoms with E-state index in [0.29, 0.717) is 0 Å². The number of primary amides is 1. The molecule has 0 radical (unpaired) electrons. The summed E-state index contributed by atoms with van der Waals surface area (Å²) in [6, 6.07) is 7.49. The lowest BCUT2D eigenvalue weighted by Crippen LogP contribution is -2.24. The molecule has 0 atom stereocenters. The Morgan fingerprint density at radius 2 is 2.00 bits per heavy atom. The lowest BCUT2D eigenvalue weighted by molar-refractivity contribution is 0.249. The van der Waals surface area contributed by atoms with Crippen molar-refractivity contribution in [2.45, 2.75) is 19.4 Å². The van der Waals surface area contributed by atoms with Crippen molar-refractivity contribution in [2.75, 3.05) is 13.1 Å². The number of hydrogen-bond donors (Lipinski definition) is 2. The molecule has 1 aliphatic heterocycles. The predicted octanol–water partition coefficient (Wildman–Crippen LogP) is 1.28. The van der Waals surface area contributed by atoms with Gasteiger partial charge < -0.3 is 5.73 Å². The average Bonchev–Trinajstić information content (AvgIpc) is 2.84. The third-order valence-corrected chi connectivity index (χ3v) is 2.97. The van der Waals surface area contributed by atoms with E-state index < -0.39 is 6.03 Å². The van der Waals surface area contributed by atoms with Crippen LogP contribution < -0.4 is 11.2 Å². The van der Waals surface area contributed by atoms with Crippen molar-refractivity contribution in [2.24, 2.45) is 10.8 Å². The third kappa shape index (κ3) is 3.85. The van der Waals surface area contributed by atoms with Gasteiger partial charge in [0.15, 0.2) is 0 Å². The second-order valence-corrected chi connectivity index (χ2v) is 4.46. The molecule has 5 heteroatoms. The van der Waals surface area contributed by atoms with E-state index in [4.69, 9.17) is 5.73 Å². The lowest BCUT2D eigenvalue weighted by Gasteiger charge is -2.14. The number of carbonyl (C=O) groups is 1. The van der Waals surface area contributed by atoms with Crippen LogP contribution in [0.15, 0.2) is 29.4 Å². The summed E-state index contributed by atoms with van der Waals surface area (Å²) in [5.74, 6) is 0. The SMILES string of the molecule is NC(=O)NN=Cc1ccc(CN2CCCC2)cc1. The number of benzene rings is 1. The van der Waals surface area contributed by atoms with Gasteiger partial charge in [0, 0.05) is 6.54 Å². The molecule has 0 bridgehead atoms. The molecule has 0 aromatic heterocycles. The standard InChI is InChI=1S/C13H18N4O/c14-13(18)16-15-9-11-3-5-12(6-4-11)10-17-7-1-2-8-17/h3-6,9H,1-2,7-8,10H2,(H3,14,16,18). The molecule has 1 heterocycles. The molecule has 0 aliphatic carbocycles. The van der Waals surface area contributed by atoms with Crippen LogP contribution in [0, 0.1) is 0 Å². The smallest absolute Gasteiger partial charge is 0.332 e. The number of rotatable bonds is 4. The highest BCUT2D eigenvalue weighted by atomic mass is 16.2. The number of nitrogens with two attached hydrogens (primary N) is 1. The number of urea groups is 1. The molecule has 1 saturated heterocycles. The summed E-state index contributed by atoms with van der Waals surface area (Å²) < 4.78 is 0. The summed E-state index contributed by atoms with van der Waals surface area (Å²) in [4.78, 5) is 12.9. The fourth-order valence-electron chi connectivity index (χ4n) is 2.08. The van der Waals surface area contributed by atoms with Crippen LogP contribution in [0.5, 0.6) is 0 Å². The zero-order chi connectivity index (χ0) is 12.8. The van der Waals surface area contributed by atoms with Crippen molar-refractivity contribution in [1.29, 1.82) is 0 Å². The number of amides is 2. The number of hydrazone groups is 1. The third-order valence-electron chi connectivity index (χ3n) is 2.97. The summed E-state index contributed by atoms with van der Waals surface area (Å²) in [5.41, 5.74) is 9.31. The van der Waals surface area contributed by atoms with Gasteiger partial charge in [-0.05, 0) is 37.1 Å². The van der Waals surface area contributed by atoms with Gasteiger partial charge >= 0.3 is 6.03 Å². The van der Waals surface area contributed by atoms with Crippen LogP contribution in [0.1, 0.15) is 24.0 Å². The Morgan fingerprint density at radius 1 is 1.33 bits per heavy atom. The van der Waals surface area contributed by atoms with E-state index in [0.717, 1.165) is 12.1 Å². The maximum atomic E-state index is 10.4. The first-order valence-electron chi connectivity index (χ1n) is 6.14. The summed E-state index contributed by atoms with van der Waals surface area (Å²) in [5, 5.41) is 3.71. The molecule has 0 saturated carbocycles. The topological polar surface area (TPSA) is 70.7 Å². The van der Waals surface area contributed by atoms with Gasteiger partial charge in [-0.15, -0.1) is 0 Å². The van der Waals surface area contributed by atoms with E-state index >= 15 is 0 Å². The molecule has 1 aromatic rings. The Balaban J connectivity index is 1.88. The predicted molar refractivity (Wildman–Crippen MR) is 71.3 cm³/mol. The first-order valence-corrected chi connectivity index (χ1v) is 6.14. The minimum absolute atomic E-state index is 0.656. The molecule has 0 unspecified atom stereocenters. The first-order chi connectivity index (χ1) is 8.74. The largest absolute Gasteiger partial charge is 0.350 e. The number of hydrogen-bond acceptors (Lipinski definition) is 3. The molecular weight excluding hydrogens is 228 g/mol. The monoisotopic (exact) mass is 246 g/mol. The van der Waals surface area contributed by atoms with E-state index in [-0.39, 0.29) is 0 Å². The second-order valence-electron chi connectivity index (χ2n) is 4.46. The summed E-state index contributed by atoms with van der Waals surface area (Å²) in [6.45, 7) is 3.41. The van der Waals surface area contributed by atoms with Crippen molar-refractivity contribution in [3.63, 3.8) is 0 Å². The fourth-order valence-corrected chi connectivity index (χ4v) is 2.08. The molecule has 1 fully saturated rings. The Labute approximate surface area is 107 Å². The van der Waals surface area contributed by atoms with E-state index in [9.17, 15) is 4.79 Å². The number of nitrogens with one attached hydrogen (secondary N) is 1. The summed E-state index contributed by atoms with van der Waals surface area (Å²) >= 11 is 0. The molecule has 1 aromatic carbocycles. The molecule has 0 spiro atoms. The van der Waals surface area contributed by atoms with E-state index in [1.165, 1.54) is 31.5 Å². The van der Waals surface area contributed by atoms with Crippen LogP contribution in [0.2, 0.25) is 0 Å². The van der Waals surface area contributed by atoms with Crippen molar-refractivity contribution in [1.82, 2.24) is 10.3 Å². The van der Waals surface area contributed by atoms with Gasteiger partial charge in [-0.1, -0.05) is 24.3 Å². The Bertz CT molecular complexity index is 421. The van der Waals surface area contributed by atoms with Crippen LogP contribution in [-0.2, 0) is 6.54 Å². The van der Waals surface area contributed by atoms with E-state index in [1.54, 1.807) is 6.21 Å². The lowest BCUT2D eigenvalue weighted by atomic mass is 10.1. The highest BCUT2D eigenvalue weighted by Gasteiger charge is 2.11.